The van der Waals surface area contributed by atoms with Crippen molar-refractivity contribution in [1.29, 1.82) is 0 Å². The molecule has 0 radical (unpaired) electrons. The minimum atomic E-state index is 0.0964. The quantitative estimate of drug-likeness (QED) is 0.196. The molecule has 37 heavy (non-hydrogen) atoms. The van der Waals surface area contributed by atoms with E-state index >= 15 is 0 Å². The highest BCUT2D eigenvalue weighted by atomic mass is 14.5. The van der Waals surface area contributed by atoms with Gasteiger partial charge in [-0.05, 0) is 101 Å². The summed E-state index contributed by atoms with van der Waals surface area (Å²) in [5.41, 5.74) is 13.8. The van der Waals surface area contributed by atoms with Crippen LogP contribution in [0.3, 0.4) is 0 Å². The summed E-state index contributed by atoms with van der Waals surface area (Å²) in [4.78, 5) is 0. The zero-order valence-electron chi connectivity index (χ0n) is 23.1. The first-order valence-electron chi connectivity index (χ1n) is 14.9. The molecule has 0 saturated heterocycles. The maximum absolute atomic E-state index is 2.57. The number of hydrogen-bond acceptors (Lipinski definition) is 0. The lowest BCUT2D eigenvalue weighted by Crippen LogP contribution is -2.27. The third-order valence-electron chi connectivity index (χ3n) is 9.46. The Morgan fingerprint density at radius 3 is 2.24 bits per heavy atom. The lowest BCUT2D eigenvalue weighted by Gasteiger charge is -2.34. The van der Waals surface area contributed by atoms with Gasteiger partial charge in [0.05, 0.1) is 0 Å². The van der Waals surface area contributed by atoms with E-state index in [9.17, 15) is 0 Å². The highest BCUT2D eigenvalue weighted by Gasteiger charge is 2.43. The summed E-state index contributed by atoms with van der Waals surface area (Å²) in [6.07, 6.45) is 14.3. The van der Waals surface area contributed by atoms with E-state index in [2.05, 4.69) is 87.5 Å². The largest absolute Gasteiger partial charge is 0.0654 e. The Hall–Kier alpha value is -2.86. The lowest BCUT2D eigenvalue weighted by atomic mass is 9.69. The van der Waals surface area contributed by atoms with Gasteiger partial charge in [0, 0.05) is 5.41 Å². The molecular weight excluding hydrogens is 444 g/mol. The van der Waals surface area contributed by atoms with Gasteiger partial charge in [-0.3, -0.25) is 0 Å². The standard InChI is InChI=1S/C37H42/c1-4-5-6-7-8-11-21-37(22-20-28-15-16-29-17-18-30(29)25-28)34-23-26(2)14-19-33(34)36-32-13-10-9-12-31(32)27(3)24-35(36)37/h9-10,12-16,19,23-25H,4-8,11,17-18,20-22H2,1-3H3. The first-order chi connectivity index (χ1) is 18.1. The highest BCUT2D eigenvalue weighted by Crippen LogP contribution is 2.56. The van der Waals surface area contributed by atoms with Gasteiger partial charge in [-0.1, -0.05) is 118 Å². The van der Waals surface area contributed by atoms with Crippen molar-refractivity contribution in [3.63, 3.8) is 0 Å². The van der Waals surface area contributed by atoms with Gasteiger partial charge in [-0.2, -0.15) is 0 Å². The molecule has 0 aromatic heterocycles. The second-order valence-electron chi connectivity index (χ2n) is 11.9. The van der Waals surface area contributed by atoms with Gasteiger partial charge >= 0.3 is 0 Å². The Morgan fingerprint density at radius 2 is 1.46 bits per heavy atom. The van der Waals surface area contributed by atoms with Crippen LogP contribution in [0.25, 0.3) is 21.9 Å². The van der Waals surface area contributed by atoms with Crippen molar-refractivity contribution in [2.45, 2.75) is 96.8 Å². The van der Waals surface area contributed by atoms with Crippen LogP contribution in [0.5, 0.6) is 0 Å². The third-order valence-corrected chi connectivity index (χ3v) is 9.46. The van der Waals surface area contributed by atoms with Crippen LogP contribution in [0, 0.1) is 13.8 Å². The molecule has 0 bridgehead atoms. The molecule has 0 saturated carbocycles. The predicted molar refractivity (Wildman–Crippen MR) is 160 cm³/mol. The van der Waals surface area contributed by atoms with Crippen molar-refractivity contribution in [3.05, 3.63) is 106 Å². The summed E-state index contributed by atoms with van der Waals surface area (Å²) in [5.74, 6) is 0. The summed E-state index contributed by atoms with van der Waals surface area (Å²) in [5, 5.41) is 2.85. The number of unbranched alkanes of at least 4 members (excludes halogenated alkanes) is 5. The van der Waals surface area contributed by atoms with Crippen LogP contribution in [0.2, 0.25) is 0 Å². The van der Waals surface area contributed by atoms with Crippen LogP contribution < -0.4 is 0 Å². The van der Waals surface area contributed by atoms with Gasteiger partial charge < -0.3 is 0 Å². The zero-order chi connectivity index (χ0) is 25.4. The number of benzene rings is 4. The van der Waals surface area contributed by atoms with Crippen molar-refractivity contribution in [3.8, 4) is 11.1 Å². The lowest BCUT2D eigenvalue weighted by molar-refractivity contribution is 0.418. The van der Waals surface area contributed by atoms with Crippen molar-refractivity contribution in [1.82, 2.24) is 0 Å². The van der Waals surface area contributed by atoms with Crippen LogP contribution in [0.1, 0.15) is 97.2 Å². The van der Waals surface area contributed by atoms with Crippen LogP contribution in [-0.4, -0.2) is 0 Å². The SMILES string of the molecule is CCCCCCCCC1(CCc2ccc3c(c2)CC3)c2cc(C)ccc2-c2c1cc(C)c1ccccc21. The van der Waals surface area contributed by atoms with E-state index in [-0.39, 0.29) is 5.41 Å². The number of hydrogen-bond donors (Lipinski definition) is 0. The summed E-state index contributed by atoms with van der Waals surface area (Å²) >= 11 is 0. The summed E-state index contributed by atoms with van der Waals surface area (Å²) in [7, 11) is 0. The Labute approximate surface area is 224 Å². The van der Waals surface area contributed by atoms with Crippen molar-refractivity contribution in [2.75, 3.05) is 0 Å². The Kier molecular flexibility index (Phi) is 6.70. The average Bonchev–Trinajstić information content (AvgIpc) is 3.15. The minimum absolute atomic E-state index is 0.0964. The Balaban J connectivity index is 1.45. The fourth-order valence-electron chi connectivity index (χ4n) is 7.27. The number of fused-ring (bicyclic) bond motifs is 6. The topological polar surface area (TPSA) is 0 Å². The first-order valence-corrected chi connectivity index (χ1v) is 14.9. The smallest absolute Gasteiger partial charge is 0.0218 e. The van der Waals surface area contributed by atoms with Crippen molar-refractivity contribution < 1.29 is 0 Å². The second kappa shape index (κ2) is 10.1. The molecule has 1 atom stereocenters. The molecule has 2 aliphatic carbocycles. The molecular formula is C37H42. The molecule has 0 aliphatic heterocycles. The molecule has 0 fully saturated rings. The maximum Gasteiger partial charge on any atom is 0.0218 e. The van der Waals surface area contributed by atoms with E-state index in [1.807, 2.05) is 0 Å². The normalized spacial score (nSPS) is 17.4. The van der Waals surface area contributed by atoms with E-state index < -0.39 is 0 Å². The van der Waals surface area contributed by atoms with Gasteiger partial charge in [0.25, 0.3) is 0 Å². The van der Waals surface area contributed by atoms with E-state index in [0.717, 1.165) is 6.42 Å². The Bertz CT molecular complexity index is 1440. The molecule has 4 aromatic rings. The van der Waals surface area contributed by atoms with Gasteiger partial charge in [0.2, 0.25) is 0 Å². The average molecular weight is 487 g/mol. The van der Waals surface area contributed by atoms with E-state index in [1.54, 1.807) is 22.3 Å². The Morgan fingerprint density at radius 1 is 0.676 bits per heavy atom. The van der Waals surface area contributed by atoms with Crippen LogP contribution in [0.15, 0.2) is 66.7 Å². The van der Waals surface area contributed by atoms with Crippen LogP contribution in [0.4, 0.5) is 0 Å². The molecule has 4 aromatic carbocycles. The molecule has 0 heteroatoms. The summed E-state index contributed by atoms with van der Waals surface area (Å²) < 4.78 is 0. The predicted octanol–water partition coefficient (Wildman–Crippen LogP) is 10.2. The van der Waals surface area contributed by atoms with E-state index in [4.69, 9.17) is 0 Å². The second-order valence-corrected chi connectivity index (χ2v) is 11.9. The third kappa shape index (κ3) is 4.33. The molecule has 0 N–H and O–H groups in total. The van der Waals surface area contributed by atoms with Crippen molar-refractivity contribution >= 4 is 10.8 Å². The van der Waals surface area contributed by atoms with Gasteiger partial charge in [0.15, 0.2) is 0 Å². The van der Waals surface area contributed by atoms with Crippen LogP contribution >= 0.6 is 0 Å². The van der Waals surface area contributed by atoms with Crippen molar-refractivity contribution in [2.24, 2.45) is 0 Å². The molecule has 1 unspecified atom stereocenters. The van der Waals surface area contributed by atoms with E-state index in [0.29, 0.717) is 0 Å². The molecule has 6 rings (SSSR count). The maximum atomic E-state index is 2.57. The monoisotopic (exact) mass is 486 g/mol. The van der Waals surface area contributed by atoms with Crippen LogP contribution in [-0.2, 0) is 24.7 Å². The fourth-order valence-corrected chi connectivity index (χ4v) is 7.27. The molecule has 190 valence electrons. The number of aryl methyl sites for hydroxylation is 5. The van der Waals surface area contributed by atoms with Gasteiger partial charge in [-0.15, -0.1) is 0 Å². The first kappa shape index (κ1) is 24.5. The molecule has 0 spiro atoms. The fraction of sp³-hybridized carbons (Fsp3) is 0.405. The zero-order valence-corrected chi connectivity index (χ0v) is 23.1. The minimum Gasteiger partial charge on any atom is -0.0654 e. The summed E-state index contributed by atoms with van der Waals surface area (Å²) in [6.45, 7) is 6.91. The molecule has 0 heterocycles. The molecule has 2 aliphatic rings. The van der Waals surface area contributed by atoms with Gasteiger partial charge in [-0.25, -0.2) is 0 Å². The number of rotatable bonds is 10. The molecule has 0 amide bonds. The summed E-state index contributed by atoms with van der Waals surface area (Å²) in [6, 6.07) is 26.3. The highest BCUT2D eigenvalue weighted by molar-refractivity contribution is 6.04. The van der Waals surface area contributed by atoms with E-state index in [1.165, 1.54) is 103 Å². The molecule has 0 nitrogen and oxygen atoms in total. The van der Waals surface area contributed by atoms with Gasteiger partial charge in [0.1, 0.15) is 0 Å².